The summed E-state index contributed by atoms with van der Waals surface area (Å²) in [6.07, 6.45) is 3.66. The van der Waals surface area contributed by atoms with Gasteiger partial charge in [-0.15, -0.1) is 6.58 Å². The minimum absolute atomic E-state index is 0.0421. The average Bonchev–Trinajstić information content (AvgIpc) is 3.20. The molecule has 0 bridgehead atoms. The van der Waals surface area contributed by atoms with Crippen molar-refractivity contribution >= 4 is 17.4 Å². The molecular formula is C13H15N3O3. The second-order valence-corrected chi connectivity index (χ2v) is 4.41. The number of nitrogens with one attached hydrogen (secondary N) is 1. The summed E-state index contributed by atoms with van der Waals surface area (Å²) in [5.41, 5.74) is 0.383. The van der Waals surface area contributed by atoms with Crippen molar-refractivity contribution in [2.75, 3.05) is 11.9 Å². The SMILES string of the molecule is C=CCN(C(=O)Nc1cccc([N+](=O)[O-])c1)C1CC1. The zero-order valence-electron chi connectivity index (χ0n) is 10.4. The fraction of sp³-hybridized carbons (Fsp3) is 0.308. The summed E-state index contributed by atoms with van der Waals surface area (Å²) < 4.78 is 0. The first kappa shape index (κ1) is 13.1. The zero-order valence-corrected chi connectivity index (χ0v) is 10.4. The number of non-ortho nitro benzene ring substituents is 1. The first-order chi connectivity index (χ1) is 9.11. The van der Waals surface area contributed by atoms with Gasteiger partial charge in [0.25, 0.3) is 5.69 Å². The molecule has 2 rings (SSSR count). The molecule has 0 spiro atoms. The third-order valence-electron chi connectivity index (χ3n) is 2.88. The monoisotopic (exact) mass is 261 g/mol. The number of benzene rings is 1. The number of hydrogen-bond acceptors (Lipinski definition) is 3. The molecule has 0 aliphatic heterocycles. The van der Waals surface area contributed by atoms with Crippen molar-refractivity contribution in [2.24, 2.45) is 0 Å². The number of hydrogen-bond donors (Lipinski definition) is 1. The van der Waals surface area contributed by atoms with Crippen LogP contribution >= 0.6 is 0 Å². The maximum absolute atomic E-state index is 12.1. The molecule has 0 radical (unpaired) electrons. The lowest BCUT2D eigenvalue weighted by atomic mass is 10.3. The summed E-state index contributed by atoms with van der Waals surface area (Å²) in [5, 5.41) is 13.3. The molecule has 0 heterocycles. The number of nitrogens with zero attached hydrogens (tertiary/aromatic N) is 2. The lowest BCUT2D eigenvalue weighted by Gasteiger charge is -2.21. The van der Waals surface area contributed by atoms with Crippen molar-refractivity contribution in [3.63, 3.8) is 0 Å². The van der Waals surface area contributed by atoms with Gasteiger partial charge < -0.3 is 10.2 Å². The maximum atomic E-state index is 12.1. The molecule has 6 heteroatoms. The number of nitro groups is 1. The standard InChI is InChI=1S/C13H15N3O3/c1-2-8-15(11-6-7-11)13(17)14-10-4-3-5-12(9-10)16(18)19/h2-5,9,11H,1,6-8H2,(H,14,17). The van der Waals surface area contributed by atoms with Crippen molar-refractivity contribution in [3.8, 4) is 0 Å². The molecule has 0 unspecified atom stereocenters. The molecule has 1 aliphatic carbocycles. The van der Waals surface area contributed by atoms with Crippen LogP contribution in [0.25, 0.3) is 0 Å². The topological polar surface area (TPSA) is 75.5 Å². The molecule has 0 saturated heterocycles. The summed E-state index contributed by atoms with van der Waals surface area (Å²) in [7, 11) is 0. The Labute approximate surface area is 110 Å². The third kappa shape index (κ3) is 3.31. The van der Waals surface area contributed by atoms with E-state index in [9.17, 15) is 14.9 Å². The summed E-state index contributed by atoms with van der Waals surface area (Å²) >= 11 is 0. The van der Waals surface area contributed by atoms with E-state index in [0.717, 1.165) is 12.8 Å². The predicted octanol–water partition coefficient (Wildman–Crippen LogP) is 2.78. The predicted molar refractivity (Wildman–Crippen MR) is 72.0 cm³/mol. The quantitative estimate of drug-likeness (QED) is 0.503. The fourth-order valence-electron chi connectivity index (χ4n) is 1.82. The molecule has 0 atom stereocenters. The van der Waals surface area contributed by atoms with Crippen LogP contribution in [-0.2, 0) is 0 Å². The van der Waals surface area contributed by atoms with Gasteiger partial charge in [0, 0.05) is 30.4 Å². The molecule has 100 valence electrons. The number of carbonyl (C=O) groups is 1. The average molecular weight is 261 g/mol. The van der Waals surface area contributed by atoms with E-state index in [-0.39, 0.29) is 17.8 Å². The number of rotatable bonds is 5. The number of amides is 2. The molecule has 1 aromatic rings. The molecule has 6 nitrogen and oxygen atoms in total. The van der Waals surface area contributed by atoms with Crippen molar-refractivity contribution in [1.29, 1.82) is 0 Å². The lowest BCUT2D eigenvalue weighted by Crippen LogP contribution is -2.36. The zero-order chi connectivity index (χ0) is 13.8. The normalized spacial score (nSPS) is 13.7. The van der Waals surface area contributed by atoms with Gasteiger partial charge in [-0.1, -0.05) is 12.1 Å². The number of carbonyl (C=O) groups excluding carboxylic acids is 1. The minimum atomic E-state index is -0.488. The smallest absolute Gasteiger partial charge is 0.318 e. The van der Waals surface area contributed by atoms with Gasteiger partial charge in [-0.3, -0.25) is 10.1 Å². The van der Waals surface area contributed by atoms with Crippen LogP contribution in [0.1, 0.15) is 12.8 Å². The van der Waals surface area contributed by atoms with Crippen molar-refractivity contribution < 1.29 is 9.72 Å². The Morgan fingerprint density at radius 1 is 1.58 bits per heavy atom. The van der Waals surface area contributed by atoms with Crippen LogP contribution in [0.5, 0.6) is 0 Å². The lowest BCUT2D eigenvalue weighted by molar-refractivity contribution is -0.384. The molecule has 1 N–H and O–H groups in total. The van der Waals surface area contributed by atoms with Crippen LogP contribution < -0.4 is 5.32 Å². The minimum Gasteiger partial charge on any atom is -0.318 e. The number of urea groups is 1. The van der Waals surface area contributed by atoms with Gasteiger partial charge in [0.05, 0.1) is 4.92 Å². The Balaban J connectivity index is 2.06. The second-order valence-electron chi connectivity index (χ2n) is 4.41. The molecule has 0 aromatic heterocycles. The van der Waals surface area contributed by atoms with Crippen LogP contribution in [0, 0.1) is 10.1 Å². The third-order valence-corrected chi connectivity index (χ3v) is 2.88. The van der Waals surface area contributed by atoms with E-state index < -0.39 is 4.92 Å². The van der Waals surface area contributed by atoms with Gasteiger partial charge in [-0.25, -0.2) is 4.79 Å². The van der Waals surface area contributed by atoms with Gasteiger partial charge in [0.15, 0.2) is 0 Å². The first-order valence-corrected chi connectivity index (χ1v) is 6.05. The number of nitro benzene ring substituents is 1. The highest BCUT2D eigenvalue weighted by molar-refractivity contribution is 5.90. The van der Waals surface area contributed by atoms with Crippen molar-refractivity contribution in [2.45, 2.75) is 18.9 Å². The Bertz CT molecular complexity index is 512. The fourth-order valence-corrected chi connectivity index (χ4v) is 1.82. The van der Waals surface area contributed by atoms with E-state index in [1.54, 1.807) is 23.1 Å². The van der Waals surface area contributed by atoms with Crippen LogP contribution in [0.3, 0.4) is 0 Å². The molecule has 1 fully saturated rings. The highest BCUT2D eigenvalue weighted by atomic mass is 16.6. The summed E-state index contributed by atoms with van der Waals surface area (Å²) in [5.74, 6) is 0. The number of anilines is 1. The summed E-state index contributed by atoms with van der Waals surface area (Å²) in [4.78, 5) is 23.9. The van der Waals surface area contributed by atoms with E-state index in [4.69, 9.17) is 0 Å². The molecule has 1 aromatic carbocycles. The Kier molecular flexibility index (Phi) is 3.79. The second kappa shape index (κ2) is 5.51. The summed E-state index contributed by atoms with van der Waals surface area (Å²) in [6.45, 7) is 4.10. The largest absolute Gasteiger partial charge is 0.322 e. The highest BCUT2D eigenvalue weighted by Gasteiger charge is 2.31. The van der Waals surface area contributed by atoms with Crippen LogP contribution in [0.4, 0.5) is 16.2 Å². The Hall–Kier alpha value is -2.37. The van der Waals surface area contributed by atoms with E-state index in [2.05, 4.69) is 11.9 Å². The van der Waals surface area contributed by atoms with Crippen LogP contribution in [0.2, 0.25) is 0 Å². The Morgan fingerprint density at radius 2 is 2.32 bits per heavy atom. The van der Waals surface area contributed by atoms with Gasteiger partial charge in [-0.2, -0.15) is 0 Å². The van der Waals surface area contributed by atoms with Gasteiger partial charge in [0.2, 0.25) is 0 Å². The van der Waals surface area contributed by atoms with Crippen molar-refractivity contribution in [1.82, 2.24) is 4.90 Å². The van der Waals surface area contributed by atoms with Crippen LogP contribution in [-0.4, -0.2) is 28.4 Å². The van der Waals surface area contributed by atoms with Crippen LogP contribution in [0.15, 0.2) is 36.9 Å². The van der Waals surface area contributed by atoms with E-state index in [1.807, 2.05) is 0 Å². The molecule has 19 heavy (non-hydrogen) atoms. The van der Waals surface area contributed by atoms with Crippen molar-refractivity contribution in [3.05, 3.63) is 47.0 Å². The van der Waals surface area contributed by atoms with Gasteiger partial charge in [-0.05, 0) is 18.9 Å². The molecule has 1 aliphatic rings. The van der Waals surface area contributed by atoms with E-state index in [1.165, 1.54) is 12.1 Å². The first-order valence-electron chi connectivity index (χ1n) is 6.05. The van der Waals surface area contributed by atoms with E-state index in [0.29, 0.717) is 12.2 Å². The molecular weight excluding hydrogens is 246 g/mol. The summed E-state index contributed by atoms with van der Waals surface area (Å²) in [6, 6.07) is 5.92. The van der Waals surface area contributed by atoms with Gasteiger partial charge >= 0.3 is 6.03 Å². The maximum Gasteiger partial charge on any atom is 0.322 e. The van der Waals surface area contributed by atoms with Gasteiger partial charge in [0.1, 0.15) is 0 Å². The molecule has 2 amide bonds. The highest BCUT2D eigenvalue weighted by Crippen LogP contribution is 2.27. The molecule has 1 saturated carbocycles. The van der Waals surface area contributed by atoms with E-state index >= 15 is 0 Å². The Morgan fingerprint density at radius 3 is 2.89 bits per heavy atom.